The Morgan fingerprint density at radius 2 is 0.977 bits per heavy atom. The quantitative estimate of drug-likeness (QED) is 0.243. The highest BCUT2D eigenvalue weighted by Crippen LogP contribution is 2.55. The van der Waals surface area contributed by atoms with Crippen molar-refractivity contribution in [2.45, 2.75) is 69.7 Å². The molecule has 0 fully saturated rings. The van der Waals surface area contributed by atoms with E-state index in [-0.39, 0.29) is 47.5 Å². The molecule has 19 heteroatoms. The molecule has 3 N–H and O–H groups in total. The summed E-state index contributed by atoms with van der Waals surface area (Å²) in [5.74, 6) is -0.632. The molecule has 0 atom stereocenters. The van der Waals surface area contributed by atoms with Crippen LogP contribution in [0.15, 0.2) is 24.3 Å². The van der Waals surface area contributed by atoms with Gasteiger partial charge < -0.3 is 11.1 Å². The van der Waals surface area contributed by atoms with Gasteiger partial charge in [0.1, 0.15) is 0 Å². The molecule has 2 rings (SSSR count). The zero-order valence-corrected chi connectivity index (χ0v) is 23.3. The first-order valence-electron chi connectivity index (χ1n) is 11.4. The fraction of sp³-hybridized carbons (Fsp3) is 0.458. The van der Waals surface area contributed by atoms with E-state index < -0.39 is 63.1 Å². The van der Waals surface area contributed by atoms with Crippen molar-refractivity contribution in [3.05, 3.63) is 56.6 Å². The zero-order valence-electron chi connectivity index (χ0n) is 21.8. The van der Waals surface area contributed by atoms with Gasteiger partial charge in [-0.05, 0) is 48.2 Å². The number of carbonyl (C=O) groups excluding carboxylic acids is 1. The Labute approximate surface area is 244 Å². The number of nitrogens with two attached hydrogens (primary N) is 1. The highest BCUT2D eigenvalue weighted by Gasteiger charge is 2.74. The Morgan fingerprint density at radius 1 is 0.651 bits per heavy atom. The van der Waals surface area contributed by atoms with Crippen molar-refractivity contribution in [1.82, 2.24) is 0 Å². The first kappa shape index (κ1) is 38.3. The molecule has 0 bridgehead atoms. The van der Waals surface area contributed by atoms with E-state index >= 15 is 0 Å². The lowest BCUT2D eigenvalue weighted by Gasteiger charge is -2.31. The van der Waals surface area contributed by atoms with Crippen LogP contribution in [0.25, 0.3) is 0 Å². The molecule has 0 aliphatic carbocycles. The monoisotopic (exact) mass is 688 g/mol. The number of hydrogen-bond donors (Lipinski definition) is 2. The van der Waals surface area contributed by atoms with Gasteiger partial charge in [-0.25, -0.2) is 8.78 Å². The summed E-state index contributed by atoms with van der Waals surface area (Å²) in [6.45, 7) is 3.92. The number of rotatable bonds is 5. The molecular formula is C24H20Cl2F14N2O. The predicted molar refractivity (Wildman–Crippen MR) is 130 cm³/mol. The van der Waals surface area contributed by atoms with Crippen LogP contribution in [0.3, 0.4) is 0 Å². The number of alkyl halides is 14. The molecule has 244 valence electrons. The number of aryl methyl sites for hydroxylation is 2. The SMILES string of the molecule is CCc1cc(C(F)(C(F)(F)F)C(F)(F)F)cc(Cl)c1N.CCc1cc(C(F)(C(F)(F)F)C(F)(F)F)cc(Cl)c1NC(C)=O. The minimum atomic E-state index is -6.23. The molecule has 0 aromatic heterocycles. The number of nitrogen functional groups attached to an aromatic ring is 1. The average Bonchev–Trinajstić information content (AvgIpc) is 2.82. The first-order valence-corrected chi connectivity index (χ1v) is 12.2. The highest BCUT2D eigenvalue weighted by molar-refractivity contribution is 6.34. The third kappa shape index (κ3) is 7.52. The number of nitrogens with one attached hydrogen (secondary N) is 1. The van der Waals surface area contributed by atoms with Crippen LogP contribution in [0.1, 0.15) is 43.0 Å². The lowest BCUT2D eigenvalue weighted by atomic mass is 9.91. The summed E-state index contributed by atoms with van der Waals surface area (Å²) in [6, 6.07) is 1.30. The Bertz CT molecular complexity index is 1290. The van der Waals surface area contributed by atoms with Crippen LogP contribution in [0.5, 0.6) is 0 Å². The molecule has 43 heavy (non-hydrogen) atoms. The summed E-state index contributed by atoms with van der Waals surface area (Å²) >= 11 is 11.1. The number of carbonyl (C=O) groups is 1. The zero-order chi connectivity index (χ0) is 34.1. The van der Waals surface area contributed by atoms with Gasteiger partial charge in [-0.3, -0.25) is 4.79 Å². The standard InChI is InChI=1S/C13H11ClF7NO.C11H9ClF7N/c1-3-7-4-8(5-9(14)10(7)22-6(2)23)11(15,12(16,17)18)13(19,20)21;1-2-5-3-6(4-7(12)8(5)20)9(13,10(14,15)16)11(17,18)19/h4-5H,3H2,1-2H3,(H,22,23);3-4H,2,20H2,1H3. The molecule has 0 saturated carbocycles. The smallest absolute Gasteiger partial charge is 0.397 e. The molecule has 0 radical (unpaired) electrons. The van der Waals surface area contributed by atoms with Gasteiger partial charge in [0.25, 0.3) is 0 Å². The van der Waals surface area contributed by atoms with Crippen molar-refractivity contribution in [3.8, 4) is 0 Å². The van der Waals surface area contributed by atoms with Crippen molar-refractivity contribution in [2.24, 2.45) is 0 Å². The molecule has 0 saturated heterocycles. The predicted octanol–water partition coefficient (Wildman–Crippen LogP) is 9.92. The van der Waals surface area contributed by atoms with Gasteiger partial charge in [-0.1, -0.05) is 37.0 Å². The maximum absolute atomic E-state index is 14.0. The van der Waals surface area contributed by atoms with Gasteiger partial charge in [0.2, 0.25) is 5.91 Å². The fourth-order valence-electron chi connectivity index (χ4n) is 3.60. The van der Waals surface area contributed by atoms with Crippen molar-refractivity contribution in [3.63, 3.8) is 0 Å². The van der Waals surface area contributed by atoms with Gasteiger partial charge in [0.05, 0.1) is 21.4 Å². The molecule has 0 aliphatic heterocycles. The number of anilines is 2. The second-order valence-corrected chi connectivity index (χ2v) is 9.53. The number of hydrogen-bond acceptors (Lipinski definition) is 2. The maximum atomic E-state index is 14.0. The van der Waals surface area contributed by atoms with Crippen molar-refractivity contribution in [1.29, 1.82) is 0 Å². The number of halogens is 16. The fourth-order valence-corrected chi connectivity index (χ4v) is 4.12. The number of benzene rings is 2. The van der Waals surface area contributed by atoms with E-state index in [0.29, 0.717) is 12.1 Å². The average molecular weight is 689 g/mol. The van der Waals surface area contributed by atoms with Gasteiger partial charge in [0, 0.05) is 18.1 Å². The van der Waals surface area contributed by atoms with Gasteiger partial charge in [-0.2, -0.15) is 52.7 Å². The van der Waals surface area contributed by atoms with Crippen LogP contribution in [0.2, 0.25) is 10.0 Å². The normalized spacial score (nSPS) is 13.4. The van der Waals surface area contributed by atoms with Crippen LogP contribution in [-0.4, -0.2) is 30.6 Å². The maximum Gasteiger partial charge on any atom is 0.435 e. The molecule has 3 nitrogen and oxygen atoms in total. The van der Waals surface area contributed by atoms with Crippen LogP contribution in [0, 0.1) is 0 Å². The first-order chi connectivity index (χ1) is 19.1. The van der Waals surface area contributed by atoms with E-state index in [1.807, 2.05) is 0 Å². The van der Waals surface area contributed by atoms with E-state index in [1.165, 1.54) is 13.8 Å². The second kappa shape index (κ2) is 12.7. The van der Waals surface area contributed by atoms with Crippen LogP contribution < -0.4 is 11.1 Å². The van der Waals surface area contributed by atoms with Crippen LogP contribution in [-0.2, 0) is 29.0 Å². The molecule has 0 unspecified atom stereocenters. The molecule has 0 heterocycles. The lowest BCUT2D eigenvalue weighted by molar-refractivity contribution is -0.349. The van der Waals surface area contributed by atoms with Crippen molar-refractivity contribution in [2.75, 3.05) is 11.1 Å². The summed E-state index contributed by atoms with van der Waals surface area (Å²) in [5.41, 5.74) is -9.56. The van der Waals surface area contributed by atoms with Crippen molar-refractivity contribution >= 4 is 40.5 Å². The molecule has 2 aromatic carbocycles. The third-order valence-electron chi connectivity index (χ3n) is 5.81. The molecular weight excluding hydrogens is 669 g/mol. The Balaban J connectivity index is 0.000000434. The molecule has 0 spiro atoms. The van der Waals surface area contributed by atoms with Crippen LogP contribution in [0.4, 0.5) is 72.8 Å². The van der Waals surface area contributed by atoms with Crippen molar-refractivity contribution < 1.29 is 66.3 Å². The lowest BCUT2D eigenvalue weighted by Crippen LogP contribution is -2.50. The summed E-state index contributed by atoms with van der Waals surface area (Å²) in [6.07, 6.45) is -24.9. The van der Waals surface area contributed by atoms with E-state index in [1.54, 1.807) is 0 Å². The molecule has 0 aliphatic rings. The van der Waals surface area contributed by atoms with Gasteiger partial charge in [0.15, 0.2) is 0 Å². The summed E-state index contributed by atoms with van der Waals surface area (Å²) in [7, 11) is 0. The minimum absolute atomic E-state index is 0.00515. The summed E-state index contributed by atoms with van der Waals surface area (Å²) in [5, 5.41) is 1.01. The van der Waals surface area contributed by atoms with E-state index in [2.05, 4.69) is 5.32 Å². The third-order valence-corrected chi connectivity index (χ3v) is 6.42. The Morgan fingerprint density at radius 3 is 1.28 bits per heavy atom. The largest absolute Gasteiger partial charge is 0.435 e. The van der Waals surface area contributed by atoms with E-state index in [4.69, 9.17) is 28.9 Å². The van der Waals surface area contributed by atoms with Gasteiger partial charge >= 0.3 is 36.0 Å². The van der Waals surface area contributed by atoms with E-state index in [0.717, 1.165) is 6.92 Å². The second-order valence-electron chi connectivity index (χ2n) is 8.72. The topological polar surface area (TPSA) is 55.1 Å². The van der Waals surface area contributed by atoms with E-state index in [9.17, 15) is 66.3 Å². The van der Waals surface area contributed by atoms with Gasteiger partial charge in [-0.15, -0.1) is 0 Å². The summed E-state index contributed by atoms with van der Waals surface area (Å²) < 4.78 is 180. The van der Waals surface area contributed by atoms with Crippen LogP contribution >= 0.6 is 23.2 Å². The summed E-state index contributed by atoms with van der Waals surface area (Å²) in [4.78, 5) is 11.0. The Kier molecular flexibility index (Phi) is 11.4. The minimum Gasteiger partial charge on any atom is -0.397 e. The Hall–Kier alpha value is -2.69. The number of amides is 1. The molecule has 1 amide bonds. The highest BCUT2D eigenvalue weighted by atomic mass is 35.5. The molecule has 2 aromatic rings.